The van der Waals surface area contributed by atoms with Gasteiger partial charge < -0.3 is 10.8 Å². The summed E-state index contributed by atoms with van der Waals surface area (Å²) < 4.78 is 0. The van der Waals surface area contributed by atoms with Gasteiger partial charge in [0.1, 0.15) is 0 Å². The van der Waals surface area contributed by atoms with Gasteiger partial charge in [-0.3, -0.25) is 4.79 Å². The van der Waals surface area contributed by atoms with Crippen LogP contribution in [-0.2, 0) is 10.2 Å². The van der Waals surface area contributed by atoms with E-state index in [-0.39, 0.29) is 13.0 Å². The predicted molar refractivity (Wildman–Crippen MR) is 65.1 cm³/mol. The van der Waals surface area contributed by atoms with E-state index >= 15 is 0 Å². The molecule has 0 bridgehead atoms. The molecule has 0 heterocycles. The third kappa shape index (κ3) is 2.88. The Bertz CT molecular complexity index is 409. The lowest BCUT2D eigenvalue weighted by atomic mass is 9.79. The van der Waals surface area contributed by atoms with Gasteiger partial charge in [0.25, 0.3) is 0 Å². The second-order valence-corrected chi connectivity index (χ2v) is 4.80. The van der Waals surface area contributed by atoms with Crippen LogP contribution >= 0.6 is 23.2 Å². The minimum Gasteiger partial charge on any atom is -0.481 e. The Balaban J connectivity index is 3.21. The maximum Gasteiger partial charge on any atom is 0.304 e. The van der Waals surface area contributed by atoms with Crippen LogP contribution in [0.15, 0.2) is 18.2 Å². The van der Waals surface area contributed by atoms with E-state index in [9.17, 15) is 4.79 Å². The average molecular weight is 262 g/mol. The summed E-state index contributed by atoms with van der Waals surface area (Å²) in [4.78, 5) is 10.8. The smallest absolute Gasteiger partial charge is 0.304 e. The van der Waals surface area contributed by atoms with Crippen molar-refractivity contribution < 1.29 is 9.90 Å². The van der Waals surface area contributed by atoms with Crippen LogP contribution < -0.4 is 5.73 Å². The summed E-state index contributed by atoms with van der Waals surface area (Å²) in [6, 6.07) is 4.97. The molecule has 0 aromatic heterocycles. The molecule has 0 saturated carbocycles. The zero-order valence-electron chi connectivity index (χ0n) is 8.84. The number of carboxylic acid groups (broad SMARTS) is 1. The molecule has 3 N–H and O–H groups in total. The lowest BCUT2D eigenvalue weighted by Gasteiger charge is -2.27. The van der Waals surface area contributed by atoms with E-state index in [0.29, 0.717) is 15.6 Å². The Hall–Kier alpha value is -0.770. The first kappa shape index (κ1) is 13.3. The van der Waals surface area contributed by atoms with E-state index in [1.165, 1.54) is 0 Å². The molecule has 1 aromatic rings. The molecule has 0 saturated heterocycles. The lowest BCUT2D eigenvalue weighted by molar-refractivity contribution is -0.138. The van der Waals surface area contributed by atoms with Gasteiger partial charge in [-0.05, 0) is 23.8 Å². The molecule has 0 amide bonds. The first-order valence-electron chi connectivity index (χ1n) is 4.76. The van der Waals surface area contributed by atoms with E-state index in [2.05, 4.69) is 0 Å². The number of rotatable bonds is 4. The van der Waals surface area contributed by atoms with Crippen molar-refractivity contribution in [1.82, 2.24) is 0 Å². The van der Waals surface area contributed by atoms with Crippen molar-refractivity contribution in [3.8, 4) is 0 Å². The molecule has 1 atom stereocenters. The van der Waals surface area contributed by atoms with E-state index in [0.717, 1.165) is 0 Å². The normalized spacial score (nSPS) is 14.5. The molecule has 1 rings (SSSR count). The van der Waals surface area contributed by atoms with Crippen LogP contribution in [0.2, 0.25) is 10.0 Å². The summed E-state index contributed by atoms with van der Waals surface area (Å²) in [6.45, 7) is 1.96. The fourth-order valence-electron chi connectivity index (χ4n) is 1.57. The quantitative estimate of drug-likeness (QED) is 0.876. The molecule has 3 nitrogen and oxygen atoms in total. The highest BCUT2D eigenvalue weighted by molar-refractivity contribution is 6.33. The third-order valence-electron chi connectivity index (χ3n) is 2.57. The number of halogens is 2. The molecular formula is C11H13Cl2NO2. The van der Waals surface area contributed by atoms with Crippen LogP contribution in [0.3, 0.4) is 0 Å². The van der Waals surface area contributed by atoms with Crippen molar-refractivity contribution in [3.63, 3.8) is 0 Å². The lowest BCUT2D eigenvalue weighted by Crippen LogP contribution is -2.34. The summed E-state index contributed by atoms with van der Waals surface area (Å²) >= 11 is 11.9. The first-order chi connectivity index (χ1) is 7.39. The number of hydrogen-bond donors (Lipinski definition) is 2. The Morgan fingerprint density at radius 1 is 1.50 bits per heavy atom. The van der Waals surface area contributed by atoms with Crippen molar-refractivity contribution in [2.45, 2.75) is 18.8 Å². The summed E-state index contributed by atoms with van der Waals surface area (Å²) in [5, 5.41) is 9.87. The summed E-state index contributed by atoms with van der Waals surface area (Å²) in [7, 11) is 0. The highest BCUT2D eigenvalue weighted by Crippen LogP contribution is 2.34. The molecule has 88 valence electrons. The fraction of sp³-hybridized carbons (Fsp3) is 0.364. The molecule has 1 unspecified atom stereocenters. The summed E-state index contributed by atoms with van der Waals surface area (Å²) in [6.07, 6.45) is -0.0798. The van der Waals surface area contributed by atoms with Crippen molar-refractivity contribution in [2.75, 3.05) is 6.54 Å². The van der Waals surface area contributed by atoms with Crippen molar-refractivity contribution >= 4 is 29.2 Å². The average Bonchev–Trinajstić information content (AvgIpc) is 2.20. The van der Waals surface area contributed by atoms with Gasteiger partial charge in [-0.25, -0.2) is 0 Å². The number of nitrogens with two attached hydrogens (primary N) is 1. The molecule has 0 aliphatic rings. The molecule has 0 spiro atoms. The maximum absolute atomic E-state index is 10.8. The molecule has 5 heteroatoms. The van der Waals surface area contributed by atoms with Crippen LogP contribution in [0.1, 0.15) is 18.9 Å². The molecule has 0 radical (unpaired) electrons. The van der Waals surface area contributed by atoms with E-state index in [4.69, 9.17) is 34.0 Å². The van der Waals surface area contributed by atoms with Crippen molar-refractivity contribution in [3.05, 3.63) is 33.8 Å². The monoisotopic (exact) mass is 261 g/mol. The largest absolute Gasteiger partial charge is 0.481 e. The Morgan fingerprint density at radius 2 is 2.12 bits per heavy atom. The Kier molecular flexibility index (Phi) is 4.19. The van der Waals surface area contributed by atoms with E-state index < -0.39 is 11.4 Å². The van der Waals surface area contributed by atoms with E-state index in [1.807, 2.05) is 0 Å². The van der Waals surface area contributed by atoms with Gasteiger partial charge >= 0.3 is 5.97 Å². The number of carbonyl (C=O) groups is 1. The van der Waals surface area contributed by atoms with Gasteiger partial charge in [-0.15, -0.1) is 0 Å². The van der Waals surface area contributed by atoms with E-state index in [1.54, 1.807) is 25.1 Å². The molecule has 0 fully saturated rings. The van der Waals surface area contributed by atoms with Crippen LogP contribution in [0.5, 0.6) is 0 Å². The number of aliphatic carboxylic acids is 1. The van der Waals surface area contributed by atoms with Gasteiger partial charge in [-0.1, -0.05) is 30.1 Å². The zero-order chi connectivity index (χ0) is 12.3. The van der Waals surface area contributed by atoms with Crippen LogP contribution in [0.25, 0.3) is 0 Å². The van der Waals surface area contributed by atoms with Crippen LogP contribution in [0.4, 0.5) is 0 Å². The standard InChI is InChI=1S/C11H13Cl2NO2/c1-11(6-14,5-10(15)16)8-4-7(12)2-3-9(8)13/h2-4H,5-6,14H2,1H3,(H,15,16). The number of benzene rings is 1. The van der Waals surface area contributed by atoms with Gasteiger partial charge in [0.15, 0.2) is 0 Å². The first-order valence-corrected chi connectivity index (χ1v) is 5.52. The summed E-state index contributed by atoms with van der Waals surface area (Å²) in [5.41, 5.74) is 5.61. The number of carboxylic acids is 1. The second kappa shape index (κ2) is 5.04. The number of hydrogen-bond acceptors (Lipinski definition) is 2. The zero-order valence-corrected chi connectivity index (χ0v) is 10.3. The maximum atomic E-state index is 10.8. The SMILES string of the molecule is CC(CN)(CC(=O)O)c1cc(Cl)ccc1Cl. The van der Waals surface area contributed by atoms with Crippen molar-refractivity contribution in [2.24, 2.45) is 5.73 Å². The van der Waals surface area contributed by atoms with Gasteiger partial charge in [-0.2, -0.15) is 0 Å². The predicted octanol–water partition coefficient (Wildman–Crippen LogP) is 2.68. The Labute approximate surface area is 104 Å². The van der Waals surface area contributed by atoms with Crippen LogP contribution in [0, 0.1) is 0 Å². The van der Waals surface area contributed by atoms with Crippen LogP contribution in [-0.4, -0.2) is 17.6 Å². The highest BCUT2D eigenvalue weighted by atomic mass is 35.5. The Morgan fingerprint density at radius 3 is 2.62 bits per heavy atom. The van der Waals surface area contributed by atoms with Gasteiger partial charge in [0.05, 0.1) is 6.42 Å². The second-order valence-electron chi connectivity index (χ2n) is 3.96. The molecule has 0 aliphatic heterocycles. The molecule has 1 aromatic carbocycles. The molecular weight excluding hydrogens is 249 g/mol. The fourth-order valence-corrected chi connectivity index (χ4v) is 2.09. The molecule has 0 aliphatic carbocycles. The topological polar surface area (TPSA) is 63.3 Å². The minimum atomic E-state index is -0.913. The van der Waals surface area contributed by atoms with Gasteiger partial charge in [0, 0.05) is 22.0 Å². The van der Waals surface area contributed by atoms with Gasteiger partial charge in [0.2, 0.25) is 0 Å². The third-order valence-corrected chi connectivity index (χ3v) is 3.14. The highest BCUT2D eigenvalue weighted by Gasteiger charge is 2.30. The van der Waals surface area contributed by atoms with Crippen molar-refractivity contribution in [1.29, 1.82) is 0 Å². The summed E-state index contributed by atoms with van der Waals surface area (Å²) in [5.74, 6) is -0.913. The molecule has 16 heavy (non-hydrogen) atoms. The minimum absolute atomic E-state index is 0.0798.